The number of nitrogens with zero attached hydrogens (tertiary/aromatic N) is 2. The van der Waals surface area contributed by atoms with Gasteiger partial charge in [0.2, 0.25) is 12.7 Å². The molecule has 2 amide bonds. The molecule has 3 heterocycles. The lowest BCUT2D eigenvalue weighted by molar-refractivity contribution is -0.142. The zero-order chi connectivity index (χ0) is 18.1. The van der Waals surface area contributed by atoms with E-state index in [1.54, 1.807) is 28.0 Å². The van der Waals surface area contributed by atoms with Gasteiger partial charge in [-0.25, -0.2) is 0 Å². The maximum atomic E-state index is 12.8. The van der Waals surface area contributed by atoms with Crippen LogP contribution in [0.15, 0.2) is 18.2 Å². The molecule has 26 heavy (non-hydrogen) atoms. The fourth-order valence-electron chi connectivity index (χ4n) is 3.59. The third kappa shape index (κ3) is 3.10. The summed E-state index contributed by atoms with van der Waals surface area (Å²) in [5.74, 6) is 1.15. The Morgan fingerprint density at radius 1 is 0.962 bits per heavy atom. The average molecular weight is 361 g/mol. The number of nitrogens with two attached hydrogens (primary N) is 1. The van der Waals surface area contributed by atoms with Gasteiger partial charge in [-0.3, -0.25) is 9.59 Å². The number of hydrogen-bond donors (Lipinski definition) is 1. The van der Waals surface area contributed by atoms with Gasteiger partial charge in [-0.1, -0.05) is 0 Å². The van der Waals surface area contributed by atoms with E-state index in [4.69, 9.17) is 19.9 Å². The van der Waals surface area contributed by atoms with Crippen molar-refractivity contribution in [1.82, 2.24) is 9.80 Å². The summed E-state index contributed by atoms with van der Waals surface area (Å²) < 4.78 is 15.9. The van der Waals surface area contributed by atoms with E-state index in [2.05, 4.69) is 0 Å². The van der Waals surface area contributed by atoms with E-state index in [1.165, 1.54) is 0 Å². The molecule has 3 aliphatic rings. The molecule has 8 nitrogen and oxygen atoms in total. The number of piperazine rings is 1. The van der Waals surface area contributed by atoms with Crippen molar-refractivity contribution in [2.24, 2.45) is 5.73 Å². The Balaban J connectivity index is 1.37. The van der Waals surface area contributed by atoms with Gasteiger partial charge < -0.3 is 29.7 Å². The zero-order valence-corrected chi connectivity index (χ0v) is 14.6. The van der Waals surface area contributed by atoms with E-state index in [1.807, 2.05) is 0 Å². The van der Waals surface area contributed by atoms with Crippen molar-refractivity contribution in [3.05, 3.63) is 23.8 Å². The predicted molar refractivity (Wildman–Crippen MR) is 92.0 cm³/mol. The smallest absolute Gasteiger partial charge is 0.254 e. The summed E-state index contributed by atoms with van der Waals surface area (Å²) in [5.41, 5.74) is 6.03. The molecule has 0 aromatic heterocycles. The highest BCUT2D eigenvalue weighted by Crippen LogP contribution is 2.33. The van der Waals surface area contributed by atoms with Gasteiger partial charge in [0, 0.05) is 45.0 Å². The summed E-state index contributed by atoms with van der Waals surface area (Å²) in [7, 11) is 0. The molecular formula is C18H23N3O5. The number of carbonyl (C=O) groups is 2. The second-order valence-electron chi connectivity index (χ2n) is 6.92. The van der Waals surface area contributed by atoms with Gasteiger partial charge in [-0.2, -0.15) is 0 Å². The first-order valence-electron chi connectivity index (χ1n) is 8.92. The second kappa shape index (κ2) is 6.77. The van der Waals surface area contributed by atoms with Gasteiger partial charge in [0.05, 0.1) is 5.54 Å². The van der Waals surface area contributed by atoms with Crippen molar-refractivity contribution in [1.29, 1.82) is 0 Å². The lowest BCUT2D eigenvalue weighted by atomic mass is 9.89. The first-order valence-corrected chi connectivity index (χ1v) is 8.92. The fraction of sp³-hybridized carbons (Fsp3) is 0.556. The van der Waals surface area contributed by atoms with Crippen LogP contribution in [0.25, 0.3) is 0 Å². The second-order valence-corrected chi connectivity index (χ2v) is 6.92. The van der Waals surface area contributed by atoms with Crippen LogP contribution in [0.2, 0.25) is 0 Å². The van der Waals surface area contributed by atoms with E-state index in [0.29, 0.717) is 69.3 Å². The topological polar surface area (TPSA) is 94.3 Å². The molecule has 1 aromatic carbocycles. The maximum absolute atomic E-state index is 12.8. The standard InChI is InChI=1S/C18H23N3O5/c19-18(3-9-24-10-4-18)17(23)21-7-5-20(6-8-21)16(22)13-1-2-14-15(11-13)26-12-25-14/h1-2,11H,3-10,12,19H2. The number of hydrogen-bond acceptors (Lipinski definition) is 6. The van der Waals surface area contributed by atoms with Gasteiger partial charge in [-0.15, -0.1) is 0 Å². The fourth-order valence-corrected chi connectivity index (χ4v) is 3.59. The van der Waals surface area contributed by atoms with Crippen LogP contribution in [0.3, 0.4) is 0 Å². The molecule has 4 rings (SSSR count). The number of carbonyl (C=O) groups excluding carboxylic acids is 2. The van der Waals surface area contributed by atoms with E-state index >= 15 is 0 Å². The zero-order valence-electron chi connectivity index (χ0n) is 14.6. The van der Waals surface area contributed by atoms with E-state index in [-0.39, 0.29) is 18.6 Å². The Morgan fingerprint density at radius 3 is 2.35 bits per heavy atom. The molecule has 0 atom stereocenters. The largest absolute Gasteiger partial charge is 0.454 e. The van der Waals surface area contributed by atoms with Crippen molar-refractivity contribution in [3.63, 3.8) is 0 Å². The van der Waals surface area contributed by atoms with Crippen LogP contribution in [0, 0.1) is 0 Å². The monoisotopic (exact) mass is 361 g/mol. The summed E-state index contributed by atoms with van der Waals surface area (Å²) in [4.78, 5) is 29.0. The minimum absolute atomic E-state index is 0.0315. The van der Waals surface area contributed by atoms with Gasteiger partial charge >= 0.3 is 0 Å². The summed E-state index contributed by atoms with van der Waals surface area (Å²) in [6.45, 7) is 3.19. The minimum atomic E-state index is -0.832. The van der Waals surface area contributed by atoms with Crippen LogP contribution >= 0.6 is 0 Å². The highest BCUT2D eigenvalue weighted by Gasteiger charge is 2.40. The van der Waals surface area contributed by atoms with Crippen LogP contribution in [0.4, 0.5) is 0 Å². The Morgan fingerprint density at radius 2 is 1.62 bits per heavy atom. The highest BCUT2D eigenvalue weighted by molar-refractivity contribution is 5.95. The maximum Gasteiger partial charge on any atom is 0.254 e. The molecule has 3 aliphatic heterocycles. The molecule has 1 aromatic rings. The lowest BCUT2D eigenvalue weighted by Gasteiger charge is -2.40. The van der Waals surface area contributed by atoms with E-state index in [9.17, 15) is 9.59 Å². The third-order valence-corrected chi connectivity index (χ3v) is 5.28. The van der Waals surface area contributed by atoms with Crippen molar-refractivity contribution in [2.45, 2.75) is 18.4 Å². The van der Waals surface area contributed by atoms with Gasteiger partial charge in [0.15, 0.2) is 11.5 Å². The first-order chi connectivity index (χ1) is 12.6. The van der Waals surface area contributed by atoms with E-state index in [0.717, 1.165) is 0 Å². The summed E-state index contributed by atoms with van der Waals surface area (Å²) in [6.07, 6.45) is 1.09. The Kier molecular flexibility index (Phi) is 4.46. The Hall–Kier alpha value is -2.32. The number of fused-ring (bicyclic) bond motifs is 1. The molecule has 0 bridgehead atoms. The molecule has 0 saturated carbocycles. The molecule has 2 fully saturated rings. The number of ether oxygens (including phenoxy) is 3. The summed E-state index contributed by atoms with van der Waals surface area (Å²) in [5, 5.41) is 0. The molecule has 2 N–H and O–H groups in total. The molecular weight excluding hydrogens is 338 g/mol. The van der Waals surface area contributed by atoms with E-state index < -0.39 is 5.54 Å². The molecule has 8 heteroatoms. The number of amides is 2. The number of rotatable bonds is 2. The van der Waals surface area contributed by atoms with Gasteiger partial charge in [0.1, 0.15) is 0 Å². The molecule has 0 radical (unpaired) electrons. The number of benzene rings is 1. The Bertz CT molecular complexity index is 709. The SMILES string of the molecule is NC1(C(=O)N2CCN(C(=O)c3ccc4c(c3)OCO4)CC2)CCOCC1. The third-order valence-electron chi connectivity index (χ3n) is 5.28. The molecule has 2 saturated heterocycles. The van der Waals surface area contributed by atoms with Gasteiger partial charge in [0.25, 0.3) is 5.91 Å². The molecule has 0 aliphatic carbocycles. The van der Waals surface area contributed by atoms with Gasteiger partial charge in [-0.05, 0) is 31.0 Å². The van der Waals surface area contributed by atoms with Crippen molar-refractivity contribution >= 4 is 11.8 Å². The van der Waals surface area contributed by atoms with Crippen molar-refractivity contribution in [3.8, 4) is 11.5 Å². The average Bonchev–Trinajstić information content (AvgIpc) is 3.15. The van der Waals surface area contributed by atoms with Crippen molar-refractivity contribution in [2.75, 3.05) is 46.2 Å². The molecule has 0 spiro atoms. The van der Waals surface area contributed by atoms with Crippen LogP contribution in [-0.4, -0.2) is 73.3 Å². The predicted octanol–water partition coefficient (Wildman–Crippen LogP) is 0.208. The highest BCUT2D eigenvalue weighted by atomic mass is 16.7. The Labute approximate surface area is 151 Å². The van der Waals surface area contributed by atoms with Crippen LogP contribution in [-0.2, 0) is 9.53 Å². The summed E-state index contributed by atoms with van der Waals surface area (Å²) >= 11 is 0. The minimum Gasteiger partial charge on any atom is -0.454 e. The summed E-state index contributed by atoms with van der Waals surface area (Å²) in [6, 6.07) is 5.20. The van der Waals surface area contributed by atoms with Crippen LogP contribution in [0.5, 0.6) is 11.5 Å². The van der Waals surface area contributed by atoms with Crippen molar-refractivity contribution < 1.29 is 23.8 Å². The van der Waals surface area contributed by atoms with Crippen LogP contribution in [0.1, 0.15) is 23.2 Å². The molecule has 140 valence electrons. The normalized spacial score (nSPS) is 21.6. The molecule has 0 unspecified atom stereocenters. The first kappa shape index (κ1) is 17.1. The van der Waals surface area contributed by atoms with Crippen LogP contribution < -0.4 is 15.2 Å². The quantitative estimate of drug-likeness (QED) is 0.809. The lowest BCUT2D eigenvalue weighted by Crippen LogP contribution is -2.61.